The van der Waals surface area contributed by atoms with Gasteiger partial charge in [-0.05, 0) is 50.1 Å². The summed E-state index contributed by atoms with van der Waals surface area (Å²) in [4.78, 5) is 31.0. The molecule has 0 saturated carbocycles. The number of carbonyl (C=O) groups is 1. The second kappa shape index (κ2) is 14.2. The molecule has 5 aromatic rings. The minimum Gasteiger partial charge on any atom is -0.507 e. The van der Waals surface area contributed by atoms with Crippen molar-refractivity contribution in [2.45, 2.75) is 33.2 Å². The second-order valence-corrected chi connectivity index (χ2v) is 11.9. The first-order chi connectivity index (χ1) is 22.8. The van der Waals surface area contributed by atoms with Crippen LogP contribution in [-0.4, -0.2) is 97.5 Å². The van der Waals surface area contributed by atoms with E-state index < -0.39 is 0 Å². The van der Waals surface area contributed by atoms with E-state index >= 15 is 0 Å². The van der Waals surface area contributed by atoms with Crippen LogP contribution in [0.15, 0.2) is 61.1 Å². The summed E-state index contributed by atoms with van der Waals surface area (Å²) >= 11 is 0. The van der Waals surface area contributed by atoms with E-state index in [-0.39, 0.29) is 23.3 Å². The summed E-state index contributed by atoms with van der Waals surface area (Å²) in [6, 6.07) is 13.1. The van der Waals surface area contributed by atoms with Gasteiger partial charge in [0.2, 0.25) is 5.95 Å². The maximum atomic E-state index is 13.1. The van der Waals surface area contributed by atoms with Crippen LogP contribution in [0.1, 0.15) is 35.3 Å². The van der Waals surface area contributed by atoms with Gasteiger partial charge < -0.3 is 30.4 Å². The molecule has 12 heteroatoms. The number of aromatic nitrogens is 5. The van der Waals surface area contributed by atoms with E-state index in [1.54, 1.807) is 22.9 Å². The first-order valence-electron chi connectivity index (χ1n) is 16.2. The van der Waals surface area contributed by atoms with Crippen LogP contribution in [0.25, 0.3) is 22.2 Å². The van der Waals surface area contributed by atoms with Gasteiger partial charge in [0.15, 0.2) is 0 Å². The van der Waals surface area contributed by atoms with Gasteiger partial charge in [0, 0.05) is 74.7 Å². The first-order valence-corrected chi connectivity index (χ1v) is 16.2. The minimum absolute atomic E-state index is 0.0182. The van der Waals surface area contributed by atoms with Crippen LogP contribution in [-0.2, 0) is 13.5 Å². The molecule has 0 aliphatic carbocycles. The molecular weight excluding hydrogens is 594 g/mol. The number of anilines is 2. The van der Waals surface area contributed by atoms with Crippen LogP contribution in [0.3, 0.4) is 0 Å². The van der Waals surface area contributed by atoms with Crippen molar-refractivity contribution < 1.29 is 14.6 Å². The van der Waals surface area contributed by atoms with E-state index in [1.165, 1.54) is 6.07 Å². The summed E-state index contributed by atoms with van der Waals surface area (Å²) in [6.45, 7) is 12.0. The molecule has 0 radical (unpaired) electrons. The number of carbonyl (C=O) groups excluding carboxylic acids is 1. The number of ether oxygens (including phenoxy) is 1. The van der Waals surface area contributed by atoms with Gasteiger partial charge in [0.25, 0.3) is 11.8 Å². The number of fused-ring (bicyclic) bond motifs is 1. The lowest BCUT2D eigenvalue weighted by Crippen LogP contribution is -2.53. The lowest BCUT2D eigenvalue weighted by Gasteiger charge is -2.39. The minimum atomic E-state index is -0.274. The number of nitrogens with one attached hydrogen (secondary N) is 3. The number of nitrogens with zero attached hydrogens (tertiary/aromatic N) is 6. The number of rotatable bonds is 12. The van der Waals surface area contributed by atoms with Crippen molar-refractivity contribution in [1.82, 2.24) is 39.8 Å². The van der Waals surface area contributed by atoms with Gasteiger partial charge in [0.1, 0.15) is 11.4 Å². The molecular formula is C35H43N9O3. The third-order valence-electron chi connectivity index (χ3n) is 8.82. The highest BCUT2D eigenvalue weighted by molar-refractivity contribution is 5.97. The predicted octanol–water partition coefficient (Wildman–Crippen LogP) is 4.49. The monoisotopic (exact) mass is 637 g/mol. The molecule has 47 heavy (non-hydrogen) atoms. The molecule has 246 valence electrons. The number of piperazine rings is 1. The Kier molecular flexibility index (Phi) is 9.69. The zero-order valence-electron chi connectivity index (χ0n) is 27.5. The summed E-state index contributed by atoms with van der Waals surface area (Å²) in [7, 11) is 1.84. The highest BCUT2D eigenvalue weighted by Crippen LogP contribution is 2.33. The van der Waals surface area contributed by atoms with Crippen molar-refractivity contribution >= 4 is 28.4 Å². The fourth-order valence-electron chi connectivity index (χ4n) is 6.28. The van der Waals surface area contributed by atoms with Gasteiger partial charge in [-0.3, -0.25) is 14.4 Å². The average molecular weight is 638 g/mol. The van der Waals surface area contributed by atoms with Crippen molar-refractivity contribution in [3.63, 3.8) is 0 Å². The molecule has 2 aromatic carbocycles. The number of aromatic hydroxyl groups is 1. The Balaban J connectivity index is 1.27. The number of amides is 1. The molecule has 12 nitrogen and oxygen atoms in total. The number of para-hydroxylation sites is 2. The third-order valence-corrected chi connectivity index (χ3v) is 8.82. The van der Waals surface area contributed by atoms with Crippen molar-refractivity contribution in [2.24, 2.45) is 7.05 Å². The molecule has 1 fully saturated rings. The number of phenolic OH excluding ortho intramolecular Hbond substituents is 1. The molecule has 4 heterocycles. The van der Waals surface area contributed by atoms with E-state index in [9.17, 15) is 9.90 Å². The Morgan fingerprint density at radius 3 is 2.68 bits per heavy atom. The Bertz CT molecular complexity index is 1840. The predicted molar refractivity (Wildman–Crippen MR) is 183 cm³/mol. The van der Waals surface area contributed by atoms with Gasteiger partial charge in [-0.25, -0.2) is 9.97 Å². The number of hydrogen-bond acceptors (Lipinski definition) is 9. The summed E-state index contributed by atoms with van der Waals surface area (Å²) in [5.74, 6) is 0.663. The van der Waals surface area contributed by atoms with Crippen LogP contribution < -0.4 is 15.4 Å². The molecule has 4 N–H and O–H groups in total. The number of aryl methyl sites for hydroxylation is 2. The third kappa shape index (κ3) is 7.08. The molecule has 6 rings (SSSR count). The Hall–Kier alpha value is -4.94. The molecule has 0 bridgehead atoms. The zero-order chi connectivity index (χ0) is 32.9. The summed E-state index contributed by atoms with van der Waals surface area (Å²) in [6.07, 6.45) is 6.41. The van der Waals surface area contributed by atoms with Gasteiger partial charge in [-0.15, -0.1) is 5.10 Å². The van der Waals surface area contributed by atoms with E-state index in [4.69, 9.17) is 9.72 Å². The number of phenols is 1. The van der Waals surface area contributed by atoms with Crippen LogP contribution >= 0.6 is 0 Å². The normalized spacial score (nSPS) is 14.7. The lowest BCUT2D eigenvalue weighted by molar-refractivity contribution is 0.0854. The smallest absolute Gasteiger partial charge is 0.256 e. The Morgan fingerprint density at radius 2 is 1.91 bits per heavy atom. The number of likely N-dealkylation sites (N-methyl/N-ethyl adjacent to an activating group) is 1. The van der Waals surface area contributed by atoms with Gasteiger partial charge in [0.05, 0.1) is 24.1 Å². The van der Waals surface area contributed by atoms with Crippen molar-refractivity contribution in [3.05, 3.63) is 77.7 Å². The Morgan fingerprint density at radius 1 is 1.11 bits per heavy atom. The first kappa shape index (κ1) is 32.0. The zero-order valence-corrected chi connectivity index (χ0v) is 27.5. The fourth-order valence-corrected chi connectivity index (χ4v) is 6.28. The molecule has 3 aromatic heterocycles. The van der Waals surface area contributed by atoms with E-state index in [1.807, 2.05) is 39.5 Å². The van der Waals surface area contributed by atoms with Gasteiger partial charge >= 0.3 is 0 Å². The molecule has 0 spiro atoms. The lowest BCUT2D eigenvalue weighted by atomic mass is 9.99. The number of H-pyrrole nitrogens is 1. The highest BCUT2D eigenvalue weighted by atomic mass is 16.5. The van der Waals surface area contributed by atoms with Gasteiger partial charge in [-0.2, -0.15) is 0 Å². The molecule has 0 unspecified atom stereocenters. The standard InChI is InChI=1S/C35H43N9O3/c1-5-43-14-16-44(17-15-43)25(20-37-33(46)27-11-7-8-13-30(27)45)18-24-10-9-12-26-28(21-36-32(24)26)31-23(3)19-38-35(40-31)39-29-22-42(4)41-34(29)47-6-2/h7-13,19,21-22,25,36,45H,5-6,14-18,20H2,1-4H3,(H,37,46)(H,38,39,40)/t25-/m1/s1. The quantitative estimate of drug-likeness (QED) is 0.156. The maximum Gasteiger partial charge on any atom is 0.256 e. The fraction of sp³-hybridized carbons (Fsp3) is 0.371. The summed E-state index contributed by atoms with van der Waals surface area (Å²) in [5.41, 5.74) is 5.96. The Labute approximate surface area is 274 Å². The molecule has 1 aliphatic heterocycles. The van der Waals surface area contributed by atoms with Crippen LogP contribution in [0.5, 0.6) is 11.6 Å². The van der Waals surface area contributed by atoms with Crippen LogP contribution in [0.2, 0.25) is 0 Å². The summed E-state index contributed by atoms with van der Waals surface area (Å²) in [5, 5.41) is 22.1. The van der Waals surface area contributed by atoms with Crippen LogP contribution in [0, 0.1) is 6.92 Å². The topological polar surface area (TPSA) is 136 Å². The number of benzene rings is 2. The van der Waals surface area contributed by atoms with Crippen molar-refractivity contribution in [1.29, 1.82) is 0 Å². The molecule has 1 atom stereocenters. The second-order valence-electron chi connectivity index (χ2n) is 11.9. The van der Waals surface area contributed by atoms with E-state index in [0.29, 0.717) is 30.7 Å². The average Bonchev–Trinajstić information content (AvgIpc) is 3.67. The highest BCUT2D eigenvalue weighted by Gasteiger charge is 2.26. The summed E-state index contributed by atoms with van der Waals surface area (Å²) < 4.78 is 7.37. The molecule has 1 aliphatic rings. The van der Waals surface area contributed by atoms with Gasteiger partial charge in [-0.1, -0.05) is 37.3 Å². The largest absolute Gasteiger partial charge is 0.507 e. The van der Waals surface area contributed by atoms with E-state index in [2.05, 4.69) is 60.6 Å². The molecule has 1 amide bonds. The molecule has 1 saturated heterocycles. The van der Waals surface area contributed by atoms with Crippen LogP contribution in [0.4, 0.5) is 11.6 Å². The number of aromatic amines is 1. The van der Waals surface area contributed by atoms with Crippen molar-refractivity contribution in [2.75, 3.05) is 51.2 Å². The number of hydrogen-bond donors (Lipinski definition) is 4. The maximum absolute atomic E-state index is 13.1. The SMILES string of the molecule is CCOc1nn(C)cc1Nc1ncc(C)c(-c2c[nH]c3c(C[C@H](CNC(=O)c4ccccc4O)N4CCN(CC)CC4)cccc23)n1. The van der Waals surface area contributed by atoms with E-state index in [0.717, 1.165) is 72.4 Å². The van der Waals surface area contributed by atoms with Crippen molar-refractivity contribution in [3.8, 4) is 22.9 Å².